The van der Waals surface area contributed by atoms with Crippen molar-refractivity contribution in [3.8, 4) is 5.75 Å². The lowest BCUT2D eigenvalue weighted by Gasteiger charge is -2.26. The Morgan fingerprint density at radius 2 is 2.00 bits per heavy atom. The van der Waals surface area contributed by atoms with E-state index in [2.05, 4.69) is 17.0 Å². The first-order chi connectivity index (χ1) is 9.83. The second kappa shape index (κ2) is 8.25. The van der Waals surface area contributed by atoms with Gasteiger partial charge in [-0.15, -0.1) is 0 Å². The predicted octanol–water partition coefficient (Wildman–Crippen LogP) is 2.11. The van der Waals surface area contributed by atoms with Crippen molar-refractivity contribution >= 4 is 0 Å². The molecule has 0 N–H and O–H groups in total. The van der Waals surface area contributed by atoms with Crippen molar-refractivity contribution in [2.75, 3.05) is 47.1 Å². The minimum atomic E-state index is 0.653. The fraction of sp³-hybridized carbons (Fsp3) is 0.625. The minimum absolute atomic E-state index is 0.653. The fourth-order valence-corrected chi connectivity index (χ4v) is 2.60. The molecule has 0 bridgehead atoms. The Hall–Kier alpha value is -1.10. The number of nitrogens with zero attached hydrogens (tertiary/aromatic N) is 1. The summed E-state index contributed by atoms with van der Waals surface area (Å²) in [6, 6.07) is 6.30. The Kier molecular flexibility index (Phi) is 6.30. The van der Waals surface area contributed by atoms with Gasteiger partial charge >= 0.3 is 0 Å². The molecule has 1 aliphatic heterocycles. The summed E-state index contributed by atoms with van der Waals surface area (Å²) in [5.74, 6) is 0.979. The molecule has 1 aromatic carbocycles. The number of hydrogen-bond donors (Lipinski definition) is 0. The second-order valence-corrected chi connectivity index (χ2v) is 5.14. The van der Waals surface area contributed by atoms with Crippen molar-refractivity contribution in [2.45, 2.75) is 19.4 Å². The van der Waals surface area contributed by atoms with Crippen LogP contribution < -0.4 is 4.74 Å². The summed E-state index contributed by atoms with van der Waals surface area (Å²) < 4.78 is 16.0. The van der Waals surface area contributed by atoms with Gasteiger partial charge in [0.05, 0.1) is 26.9 Å². The Labute approximate surface area is 121 Å². The molecule has 0 amide bonds. The maximum absolute atomic E-state index is 5.45. The van der Waals surface area contributed by atoms with Gasteiger partial charge in [-0.2, -0.15) is 0 Å². The predicted molar refractivity (Wildman–Crippen MR) is 79.3 cm³/mol. The molecule has 0 aromatic heterocycles. The van der Waals surface area contributed by atoms with Gasteiger partial charge in [-0.25, -0.2) is 0 Å². The summed E-state index contributed by atoms with van der Waals surface area (Å²) in [5.41, 5.74) is 2.48. The highest BCUT2D eigenvalue weighted by atomic mass is 16.5. The van der Waals surface area contributed by atoms with Crippen LogP contribution in [-0.2, 0) is 22.5 Å². The normalized spacial score (nSPS) is 16.3. The van der Waals surface area contributed by atoms with E-state index in [1.54, 1.807) is 14.2 Å². The van der Waals surface area contributed by atoms with E-state index in [0.717, 1.165) is 51.4 Å². The lowest BCUT2D eigenvalue weighted by atomic mass is 10.0. The van der Waals surface area contributed by atoms with E-state index in [0.29, 0.717) is 6.61 Å². The van der Waals surface area contributed by atoms with Crippen LogP contribution in [0.15, 0.2) is 18.2 Å². The van der Waals surface area contributed by atoms with Crippen molar-refractivity contribution in [1.29, 1.82) is 0 Å². The lowest BCUT2D eigenvalue weighted by Crippen LogP contribution is -2.36. The summed E-state index contributed by atoms with van der Waals surface area (Å²) in [6.45, 7) is 5.63. The summed E-state index contributed by atoms with van der Waals surface area (Å²) in [5, 5.41) is 0. The van der Waals surface area contributed by atoms with Crippen LogP contribution >= 0.6 is 0 Å². The topological polar surface area (TPSA) is 30.9 Å². The molecule has 0 unspecified atom stereocenters. The number of benzene rings is 1. The van der Waals surface area contributed by atoms with Crippen LogP contribution in [0.1, 0.15) is 17.5 Å². The van der Waals surface area contributed by atoms with E-state index >= 15 is 0 Å². The Morgan fingerprint density at radius 1 is 1.20 bits per heavy atom. The Morgan fingerprint density at radius 3 is 2.70 bits per heavy atom. The number of morpholine rings is 1. The molecule has 20 heavy (non-hydrogen) atoms. The molecule has 0 atom stereocenters. The molecule has 1 aliphatic rings. The Balaban J connectivity index is 1.87. The van der Waals surface area contributed by atoms with E-state index in [4.69, 9.17) is 14.2 Å². The zero-order valence-electron chi connectivity index (χ0n) is 12.6. The number of hydrogen-bond acceptors (Lipinski definition) is 4. The SMILES string of the molecule is COCc1ccc(OC)c(CCCN2CCOCC2)c1. The second-order valence-electron chi connectivity index (χ2n) is 5.14. The van der Waals surface area contributed by atoms with Crippen molar-refractivity contribution < 1.29 is 14.2 Å². The number of methoxy groups -OCH3 is 2. The van der Waals surface area contributed by atoms with Crippen LogP contribution in [-0.4, -0.2) is 52.0 Å². The van der Waals surface area contributed by atoms with Crippen molar-refractivity contribution in [2.24, 2.45) is 0 Å². The third-order valence-electron chi connectivity index (χ3n) is 3.68. The third-order valence-corrected chi connectivity index (χ3v) is 3.68. The van der Waals surface area contributed by atoms with Gasteiger partial charge in [-0.3, -0.25) is 4.90 Å². The first-order valence-corrected chi connectivity index (χ1v) is 7.28. The van der Waals surface area contributed by atoms with E-state index in [-0.39, 0.29) is 0 Å². The molecule has 2 rings (SSSR count). The van der Waals surface area contributed by atoms with Gasteiger partial charge in [0.25, 0.3) is 0 Å². The Bertz CT molecular complexity index is 403. The highest BCUT2D eigenvalue weighted by molar-refractivity contribution is 5.37. The molecule has 1 saturated heterocycles. The highest BCUT2D eigenvalue weighted by Gasteiger charge is 2.10. The van der Waals surface area contributed by atoms with Crippen molar-refractivity contribution in [3.05, 3.63) is 29.3 Å². The molecule has 0 radical (unpaired) electrons. The molecule has 0 spiro atoms. The van der Waals surface area contributed by atoms with Crippen LogP contribution in [0.2, 0.25) is 0 Å². The van der Waals surface area contributed by atoms with Gasteiger partial charge in [-0.05, 0) is 42.6 Å². The van der Waals surface area contributed by atoms with Crippen LogP contribution in [0.3, 0.4) is 0 Å². The van der Waals surface area contributed by atoms with Gasteiger partial charge in [0.15, 0.2) is 0 Å². The standard InChI is InChI=1S/C16H25NO3/c1-18-13-14-5-6-16(19-2)15(12-14)4-3-7-17-8-10-20-11-9-17/h5-6,12H,3-4,7-11,13H2,1-2H3. The average Bonchev–Trinajstić information content (AvgIpc) is 2.49. The monoisotopic (exact) mass is 279 g/mol. The summed E-state index contributed by atoms with van der Waals surface area (Å²) in [7, 11) is 3.46. The third kappa shape index (κ3) is 4.47. The maximum atomic E-state index is 5.45. The smallest absolute Gasteiger partial charge is 0.122 e. The average molecular weight is 279 g/mol. The first-order valence-electron chi connectivity index (χ1n) is 7.28. The summed E-state index contributed by atoms with van der Waals surface area (Å²) >= 11 is 0. The van der Waals surface area contributed by atoms with E-state index in [1.807, 2.05) is 6.07 Å². The zero-order chi connectivity index (χ0) is 14.2. The lowest BCUT2D eigenvalue weighted by molar-refractivity contribution is 0.0374. The van der Waals surface area contributed by atoms with Crippen molar-refractivity contribution in [3.63, 3.8) is 0 Å². The molecule has 1 fully saturated rings. The van der Waals surface area contributed by atoms with Crippen LogP contribution in [0.25, 0.3) is 0 Å². The molecular formula is C16H25NO3. The molecule has 112 valence electrons. The van der Waals surface area contributed by atoms with E-state index in [9.17, 15) is 0 Å². The number of aryl methyl sites for hydroxylation is 1. The van der Waals surface area contributed by atoms with Crippen LogP contribution in [0.5, 0.6) is 5.75 Å². The van der Waals surface area contributed by atoms with E-state index < -0.39 is 0 Å². The largest absolute Gasteiger partial charge is 0.496 e. The van der Waals surface area contributed by atoms with E-state index in [1.165, 1.54) is 11.1 Å². The molecule has 4 heteroatoms. The van der Waals surface area contributed by atoms with Gasteiger partial charge in [0.2, 0.25) is 0 Å². The summed E-state index contributed by atoms with van der Waals surface area (Å²) in [6.07, 6.45) is 2.19. The van der Waals surface area contributed by atoms with Crippen LogP contribution in [0.4, 0.5) is 0 Å². The molecule has 4 nitrogen and oxygen atoms in total. The molecular weight excluding hydrogens is 254 g/mol. The maximum Gasteiger partial charge on any atom is 0.122 e. The van der Waals surface area contributed by atoms with Crippen LogP contribution in [0, 0.1) is 0 Å². The minimum Gasteiger partial charge on any atom is -0.496 e. The van der Waals surface area contributed by atoms with Gasteiger partial charge < -0.3 is 14.2 Å². The fourth-order valence-electron chi connectivity index (χ4n) is 2.60. The first kappa shape index (κ1) is 15.3. The number of rotatable bonds is 7. The van der Waals surface area contributed by atoms with Crippen molar-refractivity contribution in [1.82, 2.24) is 4.90 Å². The zero-order valence-corrected chi connectivity index (χ0v) is 12.6. The van der Waals surface area contributed by atoms with Gasteiger partial charge in [0.1, 0.15) is 5.75 Å². The quantitative estimate of drug-likeness (QED) is 0.765. The summed E-state index contributed by atoms with van der Waals surface area (Å²) in [4.78, 5) is 2.47. The van der Waals surface area contributed by atoms with Gasteiger partial charge in [0, 0.05) is 20.2 Å². The molecule has 1 aromatic rings. The molecule has 0 saturated carbocycles. The molecule has 0 aliphatic carbocycles. The molecule has 1 heterocycles. The highest BCUT2D eigenvalue weighted by Crippen LogP contribution is 2.22. The van der Waals surface area contributed by atoms with Gasteiger partial charge in [-0.1, -0.05) is 6.07 Å². The number of ether oxygens (including phenoxy) is 3.